The van der Waals surface area contributed by atoms with Gasteiger partial charge in [0.25, 0.3) is 0 Å². The van der Waals surface area contributed by atoms with E-state index in [4.69, 9.17) is 16.3 Å². The first kappa shape index (κ1) is 10.9. The number of ether oxygens (including phenoxy) is 1. The summed E-state index contributed by atoms with van der Waals surface area (Å²) >= 11 is 6.40. The van der Waals surface area contributed by atoms with E-state index in [1.54, 1.807) is 0 Å². The van der Waals surface area contributed by atoms with Gasteiger partial charge < -0.3 is 4.74 Å². The van der Waals surface area contributed by atoms with Gasteiger partial charge in [0.1, 0.15) is 0 Å². The molecule has 1 aliphatic rings. The zero-order valence-corrected chi connectivity index (χ0v) is 9.49. The summed E-state index contributed by atoms with van der Waals surface area (Å²) in [6, 6.07) is 5.98. The van der Waals surface area contributed by atoms with Gasteiger partial charge in [0.2, 0.25) is 0 Å². The molecule has 1 atom stereocenters. The van der Waals surface area contributed by atoms with Crippen LogP contribution < -0.4 is 0 Å². The Labute approximate surface area is 95.6 Å². The van der Waals surface area contributed by atoms with Crippen molar-refractivity contribution in [2.24, 2.45) is 5.92 Å². The standard InChI is InChI=1S/C12H16ClNO/c13-12(10-4-7-15-8-5-10)9-11-3-1-2-6-14-11/h1-3,6,10,12H,4-5,7-9H2. The van der Waals surface area contributed by atoms with Crippen molar-refractivity contribution in [3.05, 3.63) is 30.1 Å². The Morgan fingerprint density at radius 2 is 2.20 bits per heavy atom. The summed E-state index contributed by atoms with van der Waals surface area (Å²) in [5.41, 5.74) is 1.09. The SMILES string of the molecule is ClC(Cc1ccccn1)C1CCOCC1. The van der Waals surface area contributed by atoms with Crippen molar-refractivity contribution in [1.82, 2.24) is 4.98 Å². The summed E-state index contributed by atoms with van der Waals surface area (Å²) in [5, 5.41) is 0.198. The lowest BCUT2D eigenvalue weighted by Gasteiger charge is -2.26. The van der Waals surface area contributed by atoms with Gasteiger partial charge in [-0.3, -0.25) is 4.98 Å². The number of alkyl halides is 1. The van der Waals surface area contributed by atoms with Crippen LogP contribution in [0.4, 0.5) is 0 Å². The van der Waals surface area contributed by atoms with Crippen molar-refractivity contribution >= 4 is 11.6 Å². The summed E-state index contributed by atoms with van der Waals surface area (Å²) in [6.45, 7) is 1.71. The molecule has 1 aromatic heterocycles. The van der Waals surface area contributed by atoms with Crippen LogP contribution in [0, 0.1) is 5.92 Å². The zero-order chi connectivity index (χ0) is 10.5. The van der Waals surface area contributed by atoms with E-state index in [0.29, 0.717) is 5.92 Å². The highest BCUT2D eigenvalue weighted by atomic mass is 35.5. The molecule has 0 spiro atoms. The van der Waals surface area contributed by atoms with Crippen LogP contribution in [0.1, 0.15) is 18.5 Å². The highest BCUT2D eigenvalue weighted by Gasteiger charge is 2.22. The number of halogens is 1. The van der Waals surface area contributed by atoms with Gasteiger partial charge >= 0.3 is 0 Å². The summed E-state index contributed by atoms with van der Waals surface area (Å²) in [4.78, 5) is 4.30. The average Bonchev–Trinajstić information content (AvgIpc) is 2.31. The molecule has 0 amide bonds. The second kappa shape index (κ2) is 5.47. The molecule has 2 heterocycles. The molecule has 1 unspecified atom stereocenters. The molecule has 0 radical (unpaired) electrons. The lowest BCUT2D eigenvalue weighted by atomic mass is 9.93. The van der Waals surface area contributed by atoms with Crippen LogP contribution >= 0.6 is 11.6 Å². The molecular weight excluding hydrogens is 210 g/mol. The van der Waals surface area contributed by atoms with Gasteiger partial charge in [-0.1, -0.05) is 6.07 Å². The molecule has 0 bridgehead atoms. The van der Waals surface area contributed by atoms with Gasteiger partial charge in [-0.25, -0.2) is 0 Å². The van der Waals surface area contributed by atoms with Crippen LogP contribution in [0.5, 0.6) is 0 Å². The Kier molecular flexibility index (Phi) is 3.98. The molecule has 3 heteroatoms. The van der Waals surface area contributed by atoms with Crippen LogP contribution in [0.25, 0.3) is 0 Å². The Morgan fingerprint density at radius 1 is 1.40 bits per heavy atom. The van der Waals surface area contributed by atoms with Gasteiger partial charge in [0.05, 0.1) is 0 Å². The van der Waals surface area contributed by atoms with Gasteiger partial charge in [-0.15, -0.1) is 11.6 Å². The van der Waals surface area contributed by atoms with Crippen molar-refractivity contribution in [1.29, 1.82) is 0 Å². The Bertz CT molecular complexity index is 285. The number of hydrogen-bond acceptors (Lipinski definition) is 2. The lowest BCUT2D eigenvalue weighted by molar-refractivity contribution is 0.0650. The van der Waals surface area contributed by atoms with Crippen molar-refractivity contribution < 1.29 is 4.74 Å². The second-order valence-electron chi connectivity index (χ2n) is 3.99. The molecular formula is C12H16ClNO. The Hall–Kier alpha value is -0.600. The van der Waals surface area contributed by atoms with Gasteiger partial charge in [-0.2, -0.15) is 0 Å². The maximum absolute atomic E-state index is 6.40. The van der Waals surface area contributed by atoms with Crippen molar-refractivity contribution in [3.63, 3.8) is 0 Å². The zero-order valence-electron chi connectivity index (χ0n) is 8.73. The molecule has 1 saturated heterocycles. The van der Waals surface area contributed by atoms with Gasteiger partial charge in [-0.05, 0) is 30.9 Å². The average molecular weight is 226 g/mol. The molecule has 2 rings (SSSR count). The fourth-order valence-corrected chi connectivity index (χ4v) is 2.37. The number of rotatable bonds is 3. The summed E-state index contributed by atoms with van der Waals surface area (Å²) < 4.78 is 5.33. The second-order valence-corrected chi connectivity index (χ2v) is 4.55. The molecule has 1 aliphatic heterocycles. The molecule has 2 nitrogen and oxygen atoms in total. The predicted molar refractivity (Wildman–Crippen MR) is 61.1 cm³/mol. The third kappa shape index (κ3) is 3.18. The molecule has 0 aromatic carbocycles. The minimum absolute atomic E-state index is 0.198. The number of aromatic nitrogens is 1. The molecule has 0 saturated carbocycles. The minimum Gasteiger partial charge on any atom is -0.381 e. The third-order valence-corrected chi connectivity index (χ3v) is 3.42. The third-order valence-electron chi connectivity index (χ3n) is 2.91. The number of nitrogens with zero attached hydrogens (tertiary/aromatic N) is 1. The molecule has 1 fully saturated rings. The highest BCUT2D eigenvalue weighted by Crippen LogP contribution is 2.25. The van der Waals surface area contributed by atoms with Crippen LogP contribution in [-0.4, -0.2) is 23.6 Å². The first-order valence-corrected chi connectivity index (χ1v) is 5.91. The molecule has 15 heavy (non-hydrogen) atoms. The molecule has 0 N–H and O–H groups in total. The van der Waals surface area contributed by atoms with Crippen LogP contribution in [-0.2, 0) is 11.2 Å². The first-order chi connectivity index (χ1) is 7.36. The van der Waals surface area contributed by atoms with Crippen molar-refractivity contribution in [2.75, 3.05) is 13.2 Å². The Morgan fingerprint density at radius 3 is 2.87 bits per heavy atom. The van der Waals surface area contributed by atoms with Crippen molar-refractivity contribution in [2.45, 2.75) is 24.6 Å². The monoisotopic (exact) mass is 225 g/mol. The van der Waals surface area contributed by atoms with E-state index >= 15 is 0 Å². The van der Waals surface area contributed by atoms with E-state index in [0.717, 1.165) is 38.2 Å². The van der Waals surface area contributed by atoms with E-state index in [1.807, 2.05) is 24.4 Å². The molecule has 1 aromatic rings. The maximum atomic E-state index is 6.40. The largest absolute Gasteiger partial charge is 0.381 e. The van der Waals surface area contributed by atoms with E-state index in [2.05, 4.69) is 4.98 Å². The van der Waals surface area contributed by atoms with E-state index < -0.39 is 0 Å². The fourth-order valence-electron chi connectivity index (χ4n) is 1.96. The van der Waals surface area contributed by atoms with E-state index in [9.17, 15) is 0 Å². The lowest BCUT2D eigenvalue weighted by Crippen LogP contribution is -2.25. The predicted octanol–water partition coefficient (Wildman–Crippen LogP) is 2.66. The van der Waals surface area contributed by atoms with E-state index in [1.165, 1.54) is 0 Å². The van der Waals surface area contributed by atoms with Crippen LogP contribution in [0.2, 0.25) is 0 Å². The van der Waals surface area contributed by atoms with E-state index in [-0.39, 0.29) is 5.38 Å². The molecule has 82 valence electrons. The summed E-state index contributed by atoms with van der Waals surface area (Å²) in [6.07, 6.45) is 4.86. The minimum atomic E-state index is 0.198. The Balaban J connectivity index is 1.88. The molecule has 0 aliphatic carbocycles. The normalized spacial score (nSPS) is 20.1. The highest BCUT2D eigenvalue weighted by molar-refractivity contribution is 6.20. The van der Waals surface area contributed by atoms with Gasteiger partial charge in [0.15, 0.2) is 0 Å². The number of hydrogen-bond donors (Lipinski definition) is 0. The summed E-state index contributed by atoms with van der Waals surface area (Å²) in [7, 11) is 0. The fraction of sp³-hybridized carbons (Fsp3) is 0.583. The van der Waals surface area contributed by atoms with Crippen LogP contribution in [0.15, 0.2) is 24.4 Å². The van der Waals surface area contributed by atoms with Crippen LogP contribution in [0.3, 0.4) is 0 Å². The first-order valence-electron chi connectivity index (χ1n) is 5.48. The summed E-state index contributed by atoms with van der Waals surface area (Å²) in [5.74, 6) is 0.586. The number of pyridine rings is 1. The van der Waals surface area contributed by atoms with Gasteiger partial charge in [0, 0.05) is 36.9 Å². The maximum Gasteiger partial charge on any atom is 0.0469 e. The van der Waals surface area contributed by atoms with Crippen molar-refractivity contribution in [3.8, 4) is 0 Å². The quantitative estimate of drug-likeness (QED) is 0.738. The topological polar surface area (TPSA) is 22.1 Å². The smallest absolute Gasteiger partial charge is 0.0469 e.